The lowest BCUT2D eigenvalue weighted by Gasteiger charge is -2.33. The molecule has 186 valence electrons. The monoisotopic (exact) mass is 488 g/mol. The van der Waals surface area contributed by atoms with Crippen molar-refractivity contribution in [2.45, 2.75) is 44.6 Å². The Morgan fingerprint density at radius 3 is 2.38 bits per heavy atom. The summed E-state index contributed by atoms with van der Waals surface area (Å²) in [5.41, 5.74) is 5.08. The van der Waals surface area contributed by atoms with Gasteiger partial charge >= 0.3 is 0 Å². The third kappa shape index (κ3) is 5.78. The molecule has 0 fully saturated rings. The number of fused-ring (bicyclic) bond motifs is 2. The Labute approximate surface area is 209 Å². The Hall–Kier alpha value is -2.44. The average molecular weight is 489 g/mol. The minimum atomic E-state index is 0. The number of halogens is 1. The molecule has 2 aliphatic rings. The van der Waals surface area contributed by atoms with E-state index in [1.54, 1.807) is 21.3 Å². The van der Waals surface area contributed by atoms with E-state index >= 15 is 0 Å². The molecule has 0 saturated heterocycles. The number of amides is 1. The highest BCUT2D eigenvalue weighted by molar-refractivity contribution is 5.85. The van der Waals surface area contributed by atoms with E-state index in [-0.39, 0.29) is 18.3 Å². The van der Waals surface area contributed by atoms with Crippen LogP contribution in [0.25, 0.3) is 0 Å². The Morgan fingerprint density at radius 2 is 1.68 bits per heavy atom. The van der Waals surface area contributed by atoms with E-state index in [0.29, 0.717) is 18.2 Å². The highest BCUT2D eigenvalue weighted by atomic mass is 35.5. The van der Waals surface area contributed by atoms with Crippen molar-refractivity contribution >= 4 is 18.3 Å². The molecule has 0 radical (unpaired) electrons. The van der Waals surface area contributed by atoms with Gasteiger partial charge in [-0.3, -0.25) is 4.79 Å². The molecule has 1 amide bonds. The summed E-state index contributed by atoms with van der Waals surface area (Å²) in [6, 6.07) is 11.0. The van der Waals surface area contributed by atoms with Crippen molar-refractivity contribution in [3.63, 3.8) is 0 Å². The lowest BCUT2D eigenvalue weighted by atomic mass is 9.87. The molecule has 1 unspecified atom stereocenters. The molecule has 1 aliphatic heterocycles. The topological polar surface area (TPSA) is 51.2 Å². The predicted molar refractivity (Wildman–Crippen MR) is 137 cm³/mol. The maximum Gasteiger partial charge on any atom is 0.227 e. The third-order valence-electron chi connectivity index (χ3n) is 7.23. The number of benzene rings is 2. The van der Waals surface area contributed by atoms with Crippen LogP contribution in [0, 0.1) is 0 Å². The quantitative estimate of drug-likeness (QED) is 0.563. The van der Waals surface area contributed by atoms with Crippen LogP contribution in [0.4, 0.5) is 0 Å². The molecule has 0 spiro atoms. The number of hydrogen-bond donors (Lipinski definition) is 0. The Kier molecular flexibility index (Phi) is 9.09. The van der Waals surface area contributed by atoms with Crippen molar-refractivity contribution in [2.75, 3.05) is 48.0 Å². The van der Waals surface area contributed by atoms with Gasteiger partial charge in [0.25, 0.3) is 0 Å². The predicted octanol–water partition coefficient (Wildman–Crippen LogP) is 3.94. The number of likely N-dealkylation sites (N-methyl/N-ethyl adjacent to an activating group) is 1. The number of rotatable bonds is 8. The van der Waals surface area contributed by atoms with Crippen molar-refractivity contribution in [1.82, 2.24) is 9.80 Å². The zero-order chi connectivity index (χ0) is 23.4. The van der Waals surface area contributed by atoms with Crippen molar-refractivity contribution in [2.24, 2.45) is 0 Å². The number of aryl methyl sites for hydroxylation is 1. The summed E-state index contributed by atoms with van der Waals surface area (Å²) in [5.74, 6) is 2.55. The maximum atomic E-state index is 12.9. The van der Waals surface area contributed by atoms with Gasteiger partial charge in [0.2, 0.25) is 5.91 Å². The Morgan fingerprint density at radius 1 is 0.941 bits per heavy atom. The average Bonchev–Trinajstić information content (AvgIpc) is 2.99. The normalized spacial score (nSPS) is 17.4. The van der Waals surface area contributed by atoms with Crippen LogP contribution in [0.1, 0.15) is 35.1 Å². The summed E-state index contributed by atoms with van der Waals surface area (Å²) in [6.45, 7) is 2.53. The largest absolute Gasteiger partial charge is 0.497 e. The van der Waals surface area contributed by atoms with E-state index in [1.807, 2.05) is 17.0 Å². The molecular weight excluding hydrogens is 452 g/mol. The van der Waals surface area contributed by atoms with Gasteiger partial charge in [0.05, 0.1) is 27.8 Å². The van der Waals surface area contributed by atoms with Gasteiger partial charge in [-0.15, -0.1) is 12.4 Å². The summed E-state index contributed by atoms with van der Waals surface area (Å²) >= 11 is 0. The van der Waals surface area contributed by atoms with Gasteiger partial charge in [0.1, 0.15) is 5.75 Å². The first kappa shape index (κ1) is 26.2. The first-order chi connectivity index (χ1) is 16.0. The zero-order valence-electron chi connectivity index (χ0n) is 20.8. The van der Waals surface area contributed by atoms with Crippen molar-refractivity contribution in [1.29, 1.82) is 0 Å². The van der Waals surface area contributed by atoms with Crippen LogP contribution in [0.5, 0.6) is 17.2 Å². The summed E-state index contributed by atoms with van der Waals surface area (Å²) in [7, 11) is 7.22. The molecular formula is C27H37ClN2O4. The SMILES string of the molecule is COc1ccc2c(c1)CC(N(C)CCCN1CCc3cc(OC)c(OC)cc3CC1=O)CC2.Cl. The summed E-state index contributed by atoms with van der Waals surface area (Å²) in [6.07, 6.45) is 5.60. The third-order valence-corrected chi connectivity index (χ3v) is 7.23. The molecule has 1 atom stereocenters. The molecule has 2 aromatic carbocycles. The molecule has 0 N–H and O–H groups in total. The lowest BCUT2D eigenvalue weighted by molar-refractivity contribution is -0.130. The Balaban J connectivity index is 0.00000324. The van der Waals surface area contributed by atoms with Gasteiger partial charge in [-0.05, 0) is 92.2 Å². The standard InChI is InChI=1S/C27H36N2O4.ClH/c1-28(23-8-6-19-7-9-24(31-2)15-21(19)14-23)11-5-12-29-13-10-20-16-25(32-3)26(33-4)17-22(20)18-27(29)30;/h7,9,15-17,23H,5-6,8,10-14,18H2,1-4H3;1H. The summed E-state index contributed by atoms with van der Waals surface area (Å²) < 4.78 is 16.3. The molecule has 0 aromatic heterocycles. The minimum absolute atomic E-state index is 0. The van der Waals surface area contributed by atoms with Gasteiger partial charge in [0, 0.05) is 19.1 Å². The summed E-state index contributed by atoms with van der Waals surface area (Å²) in [5, 5.41) is 0. The fourth-order valence-corrected chi connectivity index (χ4v) is 5.16. The smallest absolute Gasteiger partial charge is 0.227 e. The van der Waals surface area contributed by atoms with Gasteiger partial charge in [0.15, 0.2) is 11.5 Å². The van der Waals surface area contributed by atoms with Gasteiger partial charge < -0.3 is 24.0 Å². The van der Waals surface area contributed by atoms with E-state index in [1.165, 1.54) is 23.1 Å². The maximum absolute atomic E-state index is 12.9. The number of methoxy groups -OCH3 is 3. The van der Waals surface area contributed by atoms with Crippen molar-refractivity contribution in [3.8, 4) is 17.2 Å². The zero-order valence-corrected chi connectivity index (χ0v) is 21.6. The fourth-order valence-electron chi connectivity index (χ4n) is 5.16. The molecule has 34 heavy (non-hydrogen) atoms. The van der Waals surface area contributed by atoms with Crippen LogP contribution in [0.2, 0.25) is 0 Å². The molecule has 0 bridgehead atoms. The van der Waals surface area contributed by atoms with E-state index in [0.717, 1.165) is 62.4 Å². The second-order valence-electron chi connectivity index (χ2n) is 9.15. The molecule has 0 saturated carbocycles. The summed E-state index contributed by atoms with van der Waals surface area (Å²) in [4.78, 5) is 17.4. The molecule has 6 nitrogen and oxygen atoms in total. The first-order valence-electron chi connectivity index (χ1n) is 11.9. The van der Waals surface area contributed by atoms with Crippen LogP contribution in [-0.2, 0) is 30.5 Å². The van der Waals surface area contributed by atoms with E-state index in [2.05, 4.69) is 30.1 Å². The van der Waals surface area contributed by atoms with Crippen LogP contribution < -0.4 is 14.2 Å². The van der Waals surface area contributed by atoms with Gasteiger partial charge in [-0.2, -0.15) is 0 Å². The van der Waals surface area contributed by atoms with Crippen LogP contribution in [0.15, 0.2) is 30.3 Å². The molecule has 1 heterocycles. The highest BCUT2D eigenvalue weighted by Crippen LogP contribution is 2.32. The molecule has 1 aliphatic carbocycles. The number of carbonyl (C=O) groups is 1. The molecule has 4 rings (SSSR count). The number of ether oxygens (including phenoxy) is 3. The number of hydrogen-bond acceptors (Lipinski definition) is 5. The van der Waals surface area contributed by atoms with Gasteiger partial charge in [-0.1, -0.05) is 6.07 Å². The molecule has 7 heteroatoms. The van der Waals surface area contributed by atoms with E-state index in [9.17, 15) is 4.79 Å². The number of carbonyl (C=O) groups excluding carboxylic acids is 1. The second-order valence-corrected chi connectivity index (χ2v) is 9.15. The molecule has 2 aromatic rings. The van der Waals surface area contributed by atoms with Crippen LogP contribution in [0.3, 0.4) is 0 Å². The van der Waals surface area contributed by atoms with Gasteiger partial charge in [-0.25, -0.2) is 0 Å². The van der Waals surface area contributed by atoms with Crippen molar-refractivity contribution in [3.05, 3.63) is 52.6 Å². The first-order valence-corrected chi connectivity index (χ1v) is 11.9. The highest BCUT2D eigenvalue weighted by Gasteiger charge is 2.24. The lowest BCUT2D eigenvalue weighted by Crippen LogP contribution is -2.39. The van der Waals surface area contributed by atoms with Crippen molar-refractivity contribution < 1.29 is 19.0 Å². The van der Waals surface area contributed by atoms with Crippen LogP contribution in [-0.4, -0.2) is 69.8 Å². The second kappa shape index (κ2) is 11.8. The van der Waals surface area contributed by atoms with E-state index in [4.69, 9.17) is 14.2 Å². The van der Waals surface area contributed by atoms with Crippen LogP contribution >= 0.6 is 12.4 Å². The Bertz CT molecular complexity index is 997. The fraction of sp³-hybridized carbons (Fsp3) is 0.519. The number of nitrogens with zero attached hydrogens (tertiary/aromatic N) is 2. The van der Waals surface area contributed by atoms with E-state index < -0.39 is 0 Å². The minimum Gasteiger partial charge on any atom is -0.497 e.